The number of aromatic nitrogens is 1. The average molecular weight is 265 g/mol. The van der Waals surface area contributed by atoms with Crippen molar-refractivity contribution in [2.45, 2.75) is 12.5 Å². The number of aromatic amines is 1. The zero-order chi connectivity index (χ0) is 12.7. The summed E-state index contributed by atoms with van der Waals surface area (Å²) in [6, 6.07) is 7.26. The van der Waals surface area contributed by atoms with Crippen LogP contribution in [-0.2, 0) is 0 Å². The molecule has 2 N–H and O–H groups in total. The van der Waals surface area contributed by atoms with Crippen LogP contribution in [0.25, 0.3) is 10.9 Å². The van der Waals surface area contributed by atoms with Gasteiger partial charge in [-0.15, -0.1) is 0 Å². The molecule has 0 saturated carbocycles. The summed E-state index contributed by atoms with van der Waals surface area (Å²) in [6.45, 7) is 1.02. The van der Waals surface area contributed by atoms with Crippen molar-refractivity contribution in [2.24, 2.45) is 0 Å². The van der Waals surface area contributed by atoms with Gasteiger partial charge in [0.2, 0.25) is 0 Å². The van der Waals surface area contributed by atoms with Crippen LogP contribution in [0.1, 0.15) is 16.9 Å². The summed E-state index contributed by atoms with van der Waals surface area (Å²) in [7, 11) is 0. The molecule has 1 aliphatic heterocycles. The molecule has 1 aromatic heterocycles. The minimum atomic E-state index is -0.396. The number of hydrogen-bond acceptors (Lipinski definition) is 2. The Labute approximate surface area is 109 Å². The molecule has 1 amide bonds. The van der Waals surface area contributed by atoms with Crippen molar-refractivity contribution in [2.75, 3.05) is 13.1 Å². The number of carbonyl (C=O) groups is 1. The Morgan fingerprint density at radius 3 is 3.00 bits per heavy atom. The van der Waals surface area contributed by atoms with E-state index in [-0.39, 0.29) is 5.91 Å². The van der Waals surface area contributed by atoms with Crippen molar-refractivity contribution in [1.82, 2.24) is 9.88 Å². The van der Waals surface area contributed by atoms with Gasteiger partial charge in [0, 0.05) is 29.0 Å². The SMILES string of the molecule is O=C(c1cc2cc(Cl)ccc2[nH]1)N1CC[C@@H](O)C1. The van der Waals surface area contributed by atoms with Crippen LogP contribution in [0.3, 0.4) is 0 Å². The molecule has 1 aromatic carbocycles. The Kier molecular flexibility index (Phi) is 2.76. The van der Waals surface area contributed by atoms with Gasteiger partial charge in [0.15, 0.2) is 0 Å². The van der Waals surface area contributed by atoms with E-state index in [0.29, 0.717) is 30.2 Å². The Morgan fingerprint density at radius 2 is 2.28 bits per heavy atom. The van der Waals surface area contributed by atoms with Crippen LogP contribution < -0.4 is 0 Å². The van der Waals surface area contributed by atoms with Crippen LogP contribution in [0, 0.1) is 0 Å². The first-order valence-corrected chi connectivity index (χ1v) is 6.27. The fraction of sp³-hybridized carbons (Fsp3) is 0.308. The summed E-state index contributed by atoms with van der Waals surface area (Å²) in [5, 5.41) is 11.0. The first-order chi connectivity index (χ1) is 8.63. The lowest BCUT2D eigenvalue weighted by Gasteiger charge is -2.13. The average Bonchev–Trinajstić information content (AvgIpc) is 2.93. The van der Waals surface area contributed by atoms with E-state index in [9.17, 15) is 9.90 Å². The van der Waals surface area contributed by atoms with Gasteiger partial charge < -0.3 is 15.0 Å². The number of benzene rings is 1. The molecule has 0 spiro atoms. The molecular weight excluding hydrogens is 252 g/mol. The van der Waals surface area contributed by atoms with E-state index in [2.05, 4.69) is 4.98 Å². The number of hydrogen-bond donors (Lipinski definition) is 2. The number of H-pyrrole nitrogens is 1. The van der Waals surface area contributed by atoms with Crippen molar-refractivity contribution in [3.63, 3.8) is 0 Å². The first-order valence-electron chi connectivity index (χ1n) is 5.89. The Balaban J connectivity index is 1.92. The Morgan fingerprint density at radius 1 is 1.44 bits per heavy atom. The summed E-state index contributed by atoms with van der Waals surface area (Å²) in [6.07, 6.45) is 0.255. The lowest BCUT2D eigenvalue weighted by Crippen LogP contribution is -2.29. The van der Waals surface area contributed by atoms with Crippen molar-refractivity contribution < 1.29 is 9.90 Å². The zero-order valence-corrected chi connectivity index (χ0v) is 10.4. The molecule has 2 heterocycles. The maximum Gasteiger partial charge on any atom is 0.270 e. The lowest BCUT2D eigenvalue weighted by molar-refractivity contribution is 0.0760. The molecule has 1 saturated heterocycles. The normalized spacial score (nSPS) is 19.7. The zero-order valence-electron chi connectivity index (χ0n) is 9.69. The highest BCUT2D eigenvalue weighted by atomic mass is 35.5. The van der Waals surface area contributed by atoms with E-state index >= 15 is 0 Å². The molecule has 3 rings (SSSR count). The molecule has 5 heteroatoms. The second-order valence-electron chi connectivity index (χ2n) is 4.61. The number of rotatable bonds is 1. The van der Waals surface area contributed by atoms with Gasteiger partial charge in [0.1, 0.15) is 5.69 Å². The number of aliphatic hydroxyl groups is 1. The number of aliphatic hydroxyl groups excluding tert-OH is 1. The van der Waals surface area contributed by atoms with Gasteiger partial charge in [0.25, 0.3) is 5.91 Å². The molecule has 0 aliphatic carbocycles. The minimum absolute atomic E-state index is 0.0705. The first kappa shape index (κ1) is 11.6. The highest BCUT2D eigenvalue weighted by Crippen LogP contribution is 2.21. The summed E-state index contributed by atoms with van der Waals surface area (Å²) in [4.78, 5) is 16.9. The molecule has 18 heavy (non-hydrogen) atoms. The van der Waals surface area contributed by atoms with Gasteiger partial charge in [-0.3, -0.25) is 4.79 Å². The third-order valence-corrected chi connectivity index (χ3v) is 3.50. The minimum Gasteiger partial charge on any atom is -0.391 e. The number of halogens is 1. The number of amides is 1. The standard InChI is InChI=1S/C13H13ClN2O2/c14-9-1-2-11-8(5-9)6-12(15-11)13(18)16-4-3-10(17)7-16/h1-2,5-6,10,15,17H,3-4,7H2/t10-/m1/s1. The molecule has 1 atom stereocenters. The van der Waals surface area contributed by atoms with Crippen LogP contribution in [0.4, 0.5) is 0 Å². The summed E-state index contributed by atoms with van der Waals surface area (Å²) in [5.41, 5.74) is 1.43. The number of β-amino-alcohol motifs (C(OH)–C–C–N with tert-alkyl or cyclic N) is 1. The van der Waals surface area contributed by atoms with Crippen LogP contribution >= 0.6 is 11.6 Å². The maximum atomic E-state index is 12.2. The third-order valence-electron chi connectivity index (χ3n) is 3.26. The predicted molar refractivity (Wildman–Crippen MR) is 69.8 cm³/mol. The largest absolute Gasteiger partial charge is 0.391 e. The monoisotopic (exact) mass is 264 g/mol. The second kappa shape index (κ2) is 4.30. The number of fused-ring (bicyclic) bond motifs is 1. The van der Waals surface area contributed by atoms with Crippen LogP contribution in [0.5, 0.6) is 0 Å². The summed E-state index contributed by atoms with van der Waals surface area (Å²) >= 11 is 5.91. The Hall–Kier alpha value is -1.52. The van der Waals surface area contributed by atoms with Gasteiger partial charge in [-0.05, 0) is 30.7 Å². The predicted octanol–water partition coefficient (Wildman–Crippen LogP) is 2.03. The van der Waals surface area contributed by atoms with Crippen LogP contribution in [0.15, 0.2) is 24.3 Å². The fourth-order valence-corrected chi connectivity index (χ4v) is 2.50. The number of nitrogens with one attached hydrogen (secondary N) is 1. The van der Waals surface area contributed by atoms with E-state index in [4.69, 9.17) is 11.6 Å². The molecule has 0 radical (unpaired) electrons. The van der Waals surface area contributed by atoms with Crippen molar-refractivity contribution in [3.8, 4) is 0 Å². The van der Waals surface area contributed by atoms with Crippen molar-refractivity contribution in [1.29, 1.82) is 0 Å². The van der Waals surface area contributed by atoms with E-state index in [1.165, 1.54) is 0 Å². The van der Waals surface area contributed by atoms with Gasteiger partial charge >= 0.3 is 0 Å². The highest BCUT2D eigenvalue weighted by Gasteiger charge is 2.26. The lowest BCUT2D eigenvalue weighted by atomic mass is 10.2. The van der Waals surface area contributed by atoms with Gasteiger partial charge in [-0.1, -0.05) is 11.6 Å². The summed E-state index contributed by atoms with van der Waals surface area (Å²) < 4.78 is 0. The van der Waals surface area contributed by atoms with Gasteiger partial charge in [0.05, 0.1) is 6.10 Å². The quantitative estimate of drug-likeness (QED) is 0.828. The van der Waals surface area contributed by atoms with E-state index in [1.54, 1.807) is 17.0 Å². The number of carbonyl (C=O) groups excluding carboxylic acids is 1. The van der Waals surface area contributed by atoms with Crippen LogP contribution in [-0.4, -0.2) is 40.1 Å². The molecule has 4 nitrogen and oxygen atoms in total. The van der Waals surface area contributed by atoms with Gasteiger partial charge in [-0.2, -0.15) is 0 Å². The van der Waals surface area contributed by atoms with E-state index < -0.39 is 6.10 Å². The number of likely N-dealkylation sites (tertiary alicyclic amines) is 1. The van der Waals surface area contributed by atoms with Crippen LogP contribution in [0.2, 0.25) is 5.02 Å². The topological polar surface area (TPSA) is 56.3 Å². The molecule has 0 bridgehead atoms. The maximum absolute atomic E-state index is 12.2. The highest BCUT2D eigenvalue weighted by molar-refractivity contribution is 6.31. The molecule has 2 aromatic rings. The fourth-order valence-electron chi connectivity index (χ4n) is 2.32. The molecule has 1 aliphatic rings. The summed E-state index contributed by atoms with van der Waals surface area (Å²) in [5.74, 6) is -0.0705. The second-order valence-corrected chi connectivity index (χ2v) is 5.04. The van der Waals surface area contributed by atoms with Crippen molar-refractivity contribution in [3.05, 3.63) is 35.0 Å². The molecular formula is C13H13ClN2O2. The third kappa shape index (κ3) is 1.98. The Bertz CT molecular complexity index is 608. The molecule has 94 valence electrons. The van der Waals surface area contributed by atoms with Crippen molar-refractivity contribution >= 4 is 28.4 Å². The smallest absolute Gasteiger partial charge is 0.270 e. The van der Waals surface area contributed by atoms with Gasteiger partial charge in [-0.25, -0.2) is 0 Å². The van der Waals surface area contributed by atoms with E-state index in [1.807, 2.05) is 12.1 Å². The molecule has 0 unspecified atom stereocenters. The van der Waals surface area contributed by atoms with E-state index in [0.717, 1.165) is 10.9 Å². The molecule has 1 fully saturated rings. The number of nitrogens with zero attached hydrogens (tertiary/aromatic N) is 1.